The number of nitrogens with one attached hydrogen (secondary N) is 1. The average molecular weight is 571 g/mol. The maximum Gasteiger partial charge on any atom is 0.490 e. The lowest BCUT2D eigenvalue weighted by Gasteiger charge is -2.32. The summed E-state index contributed by atoms with van der Waals surface area (Å²) in [5, 5.41) is 19.4. The summed E-state index contributed by atoms with van der Waals surface area (Å²) in [7, 11) is 0. The summed E-state index contributed by atoms with van der Waals surface area (Å²) in [4.78, 5) is 38.4. The van der Waals surface area contributed by atoms with Gasteiger partial charge in [0, 0.05) is 30.7 Å². The molecule has 210 valence electrons. The Kier molecular flexibility index (Phi) is 11.0. The number of thiophene rings is 1. The van der Waals surface area contributed by atoms with Crippen molar-refractivity contribution in [3.8, 4) is 0 Å². The zero-order valence-electron chi connectivity index (χ0n) is 19.4. The number of aliphatic carboxylic acids is 2. The summed E-state index contributed by atoms with van der Waals surface area (Å²) in [6.07, 6.45) is -6.79. The van der Waals surface area contributed by atoms with Gasteiger partial charge in [0.2, 0.25) is 5.91 Å². The van der Waals surface area contributed by atoms with Gasteiger partial charge in [0.05, 0.1) is 31.0 Å². The third-order valence-corrected chi connectivity index (χ3v) is 6.28. The Bertz CT molecular complexity index is 1030. The van der Waals surface area contributed by atoms with Gasteiger partial charge in [0.25, 0.3) is 0 Å². The number of nitrogens with zero attached hydrogens (tertiary/aromatic N) is 2. The smallest absolute Gasteiger partial charge is 0.475 e. The van der Waals surface area contributed by atoms with Crippen LogP contribution in [0.25, 0.3) is 0 Å². The molecule has 0 radical (unpaired) electrons. The third-order valence-electron chi connectivity index (χ3n) is 5.42. The number of rotatable bonds is 4. The van der Waals surface area contributed by atoms with Gasteiger partial charge in [-0.25, -0.2) is 9.59 Å². The topological polar surface area (TPSA) is 129 Å². The second-order valence-electron chi connectivity index (χ2n) is 8.18. The number of pyridine rings is 1. The van der Waals surface area contributed by atoms with Crippen molar-refractivity contribution in [3.63, 3.8) is 0 Å². The van der Waals surface area contributed by atoms with Crippen LogP contribution in [0.5, 0.6) is 0 Å². The van der Waals surface area contributed by atoms with Crippen LogP contribution in [0.15, 0.2) is 42.0 Å². The first kappa shape index (κ1) is 31.0. The van der Waals surface area contributed by atoms with E-state index < -0.39 is 24.3 Å². The zero-order valence-corrected chi connectivity index (χ0v) is 20.2. The summed E-state index contributed by atoms with van der Waals surface area (Å²) >= 11 is 1.79. The Morgan fingerprint density at radius 1 is 1.03 bits per heavy atom. The van der Waals surface area contributed by atoms with Crippen molar-refractivity contribution in [2.45, 2.75) is 18.9 Å². The molecule has 0 bridgehead atoms. The van der Waals surface area contributed by atoms with Crippen LogP contribution in [-0.4, -0.2) is 76.6 Å². The molecular weight excluding hydrogens is 548 g/mol. The number of carboxylic acid groups (broad SMARTS) is 2. The lowest BCUT2D eigenvalue weighted by atomic mass is 9.82. The van der Waals surface area contributed by atoms with E-state index in [-0.39, 0.29) is 11.8 Å². The summed E-state index contributed by atoms with van der Waals surface area (Å²) in [6, 6.07) is 7.96. The molecule has 2 aromatic rings. The molecule has 2 aliphatic heterocycles. The predicted octanol–water partition coefficient (Wildman–Crippen LogP) is 3.74. The molecule has 0 saturated carbocycles. The molecule has 0 unspecified atom stereocenters. The maximum atomic E-state index is 12.7. The highest BCUT2D eigenvalue weighted by molar-refractivity contribution is 7.09. The number of carbonyl (C=O) groups excluding carboxylic acids is 1. The summed E-state index contributed by atoms with van der Waals surface area (Å²) < 4.78 is 69.2. The number of hydrogen-bond acceptors (Lipinski definition) is 7. The first-order chi connectivity index (χ1) is 17.7. The summed E-state index contributed by atoms with van der Waals surface area (Å²) in [5.74, 6) is -4.73. The standard InChI is InChI=1S/C18H21N3O2S.2C2HF3O2/c22-18(20-14-3-1-5-19-7-14)17-12-23-11-13-8-21(10-16(13)17)9-15-4-2-6-24-15;2*3-2(4,5)1(6)7/h1-7,13,16-17H,8-12H2,(H,20,22);2*(H,6,7)/t13-,16-,17+;;/m1../s1. The fourth-order valence-corrected chi connectivity index (χ4v) is 4.53. The molecule has 0 aliphatic carbocycles. The highest BCUT2D eigenvalue weighted by Gasteiger charge is 2.44. The van der Waals surface area contributed by atoms with E-state index in [4.69, 9.17) is 24.5 Å². The summed E-state index contributed by atoms with van der Waals surface area (Å²) in [6.45, 7) is 4.24. The number of carbonyl (C=O) groups is 3. The molecule has 2 aromatic heterocycles. The molecule has 16 heteroatoms. The molecule has 0 spiro atoms. The van der Waals surface area contributed by atoms with Crippen LogP contribution in [0, 0.1) is 17.8 Å². The molecule has 1 amide bonds. The second kappa shape index (κ2) is 13.5. The molecule has 2 fully saturated rings. The Hall–Kier alpha value is -3.24. The van der Waals surface area contributed by atoms with Crippen molar-refractivity contribution < 1.29 is 55.7 Å². The number of amides is 1. The highest BCUT2D eigenvalue weighted by atomic mass is 32.1. The largest absolute Gasteiger partial charge is 0.490 e. The van der Waals surface area contributed by atoms with Gasteiger partial charge in [-0.3, -0.25) is 14.7 Å². The Balaban J connectivity index is 0.000000301. The van der Waals surface area contributed by atoms with E-state index >= 15 is 0 Å². The third kappa shape index (κ3) is 9.90. The van der Waals surface area contributed by atoms with Crippen molar-refractivity contribution in [1.29, 1.82) is 0 Å². The molecule has 4 rings (SSSR count). The normalized spacial score (nSPS) is 21.2. The number of anilines is 1. The lowest BCUT2D eigenvalue weighted by Crippen LogP contribution is -2.41. The maximum absolute atomic E-state index is 12.7. The van der Waals surface area contributed by atoms with Gasteiger partial charge < -0.3 is 20.3 Å². The number of alkyl halides is 6. The molecule has 3 N–H and O–H groups in total. The lowest BCUT2D eigenvalue weighted by molar-refractivity contribution is -0.193. The fraction of sp³-hybridized carbons (Fsp3) is 0.455. The minimum Gasteiger partial charge on any atom is -0.475 e. The Morgan fingerprint density at radius 3 is 2.16 bits per heavy atom. The van der Waals surface area contributed by atoms with Crippen LogP contribution in [0.4, 0.5) is 32.0 Å². The Morgan fingerprint density at radius 2 is 1.66 bits per heavy atom. The van der Waals surface area contributed by atoms with Crippen LogP contribution >= 0.6 is 11.3 Å². The van der Waals surface area contributed by atoms with Crippen LogP contribution in [0.2, 0.25) is 0 Å². The number of aromatic nitrogens is 1. The molecule has 0 aromatic carbocycles. The van der Waals surface area contributed by atoms with E-state index in [2.05, 4.69) is 32.7 Å². The van der Waals surface area contributed by atoms with Gasteiger partial charge in [-0.1, -0.05) is 6.07 Å². The van der Waals surface area contributed by atoms with Crippen LogP contribution in [-0.2, 0) is 25.7 Å². The van der Waals surface area contributed by atoms with Crippen molar-refractivity contribution in [3.05, 3.63) is 46.9 Å². The molecule has 2 saturated heterocycles. The quantitative estimate of drug-likeness (QED) is 0.474. The van der Waals surface area contributed by atoms with E-state index in [9.17, 15) is 31.1 Å². The van der Waals surface area contributed by atoms with E-state index in [0.717, 1.165) is 31.9 Å². The van der Waals surface area contributed by atoms with Crippen molar-refractivity contribution in [2.24, 2.45) is 17.8 Å². The first-order valence-electron chi connectivity index (χ1n) is 10.8. The van der Waals surface area contributed by atoms with Gasteiger partial charge in [-0.2, -0.15) is 26.3 Å². The van der Waals surface area contributed by atoms with Crippen LogP contribution < -0.4 is 5.32 Å². The number of ether oxygens (including phenoxy) is 1. The highest BCUT2D eigenvalue weighted by Crippen LogP contribution is 2.35. The number of fused-ring (bicyclic) bond motifs is 1. The van der Waals surface area contributed by atoms with Gasteiger partial charge in [-0.05, 0) is 35.4 Å². The number of likely N-dealkylation sites (tertiary alicyclic amines) is 1. The van der Waals surface area contributed by atoms with E-state index in [0.29, 0.717) is 18.4 Å². The Labute approximate surface area is 216 Å². The number of carboxylic acids is 2. The van der Waals surface area contributed by atoms with Crippen molar-refractivity contribution >= 4 is 34.9 Å². The monoisotopic (exact) mass is 571 g/mol. The molecule has 9 nitrogen and oxygen atoms in total. The number of hydrogen-bond donors (Lipinski definition) is 3. The minimum absolute atomic E-state index is 0.0515. The van der Waals surface area contributed by atoms with Gasteiger partial charge in [-0.15, -0.1) is 11.3 Å². The SMILES string of the molecule is O=C(Nc1cccnc1)[C@H]1COC[C@H]2CN(Cc3cccs3)C[C@H]21.O=C(O)C(F)(F)F.O=C(O)C(F)(F)F. The number of halogens is 6. The second-order valence-corrected chi connectivity index (χ2v) is 9.21. The molecule has 4 heterocycles. The fourth-order valence-electron chi connectivity index (χ4n) is 3.78. The molecular formula is C22H23F6N3O6S. The molecule has 38 heavy (non-hydrogen) atoms. The van der Waals surface area contributed by atoms with Gasteiger partial charge >= 0.3 is 24.3 Å². The van der Waals surface area contributed by atoms with Crippen molar-refractivity contribution in [1.82, 2.24) is 9.88 Å². The average Bonchev–Trinajstić information content (AvgIpc) is 3.48. The van der Waals surface area contributed by atoms with Gasteiger partial charge in [0.1, 0.15) is 0 Å². The zero-order chi connectivity index (χ0) is 28.5. The predicted molar refractivity (Wildman–Crippen MR) is 121 cm³/mol. The van der Waals surface area contributed by atoms with Crippen LogP contribution in [0.3, 0.4) is 0 Å². The van der Waals surface area contributed by atoms with E-state index in [1.807, 2.05) is 12.1 Å². The van der Waals surface area contributed by atoms with Crippen molar-refractivity contribution in [2.75, 3.05) is 31.6 Å². The first-order valence-corrected chi connectivity index (χ1v) is 11.7. The van der Waals surface area contributed by atoms with Gasteiger partial charge in [0.15, 0.2) is 0 Å². The molecule has 2 aliphatic rings. The minimum atomic E-state index is -5.08. The van der Waals surface area contributed by atoms with E-state index in [1.54, 1.807) is 23.7 Å². The van der Waals surface area contributed by atoms with Crippen LogP contribution in [0.1, 0.15) is 4.88 Å². The van der Waals surface area contributed by atoms with E-state index in [1.165, 1.54) is 4.88 Å². The summed E-state index contributed by atoms with van der Waals surface area (Å²) in [5.41, 5.74) is 0.748. The molecule has 3 atom stereocenters.